The van der Waals surface area contributed by atoms with E-state index in [4.69, 9.17) is 4.74 Å². The maximum Gasteiger partial charge on any atom is 0.341 e. The summed E-state index contributed by atoms with van der Waals surface area (Å²) in [5, 5.41) is 24.7. The lowest BCUT2D eigenvalue weighted by Gasteiger charge is -2.15. The Morgan fingerprint density at radius 3 is 2.52 bits per heavy atom. The van der Waals surface area contributed by atoms with Gasteiger partial charge >= 0.3 is 5.97 Å². The summed E-state index contributed by atoms with van der Waals surface area (Å²) in [6.45, 7) is 7.05. The number of aromatic carboxylic acids is 1. The van der Waals surface area contributed by atoms with Crippen molar-refractivity contribution in [3.63, 3.8) is 0 Å². The molecule has 0 unspecified atom stereocenters. The second kappa shape index (κ2) is 15.2. The van der Waals surface area contributed by atoms with Crippen molar-refractivity contribution >= 4 is 29.1 Å². The van der Waals surface area contributed by atoms with E-state index in [1.807, 2.05) is 30.8 Å². The van der Waals surface area contributed by atoms with Crippen molar-refractivity contribution in [1.29, 1.82) is 0 Å². The first-order valence-corrected chi connectivity index (χ1v) is 13.7. The highest BCUT2D eigenvalue weighted by molar-refractivity contribution is 5.94. The lowest BCUT2D eigenvalue weighted by atomic mass is 10.1. The van der Waals surface area contributed by atoms with E-state index in [1.54, 1.807) is 36.4 Å². The first kappa shape index (κ1) is 30.1. The number of para-hydroxylation sites is 1. The number of hydrogen-bond donors (Lipinski definition) is 3. The Balaban J connectivity index is 0.00000216. The van der Waals surface area contributed by atoms with Crippen LogP contribution in [0.25, 0.3) is 11.4 Å². The number of nitrogens with zero attached hydrogens (tertiary/aromatic N) is 7. The van der Waals surface area contributed by atoms with Crippen LogP contribution in [0.3, 0.4) is 0 Å². The predicted octanol–water partition coefficient (Wildman–Crippen LogP) is 6.05. The highest BCUT2D eigenvalue weighted by Crippen LogP contribution is 2.36. The molecule has 0 aliphatic carbocycles. The minimum absolute atomic E-state index is 0.0854. The Morgan fingerprint density at radius 1 is 1.05 bits per heavy atom. The number of benzene rings is 1. The van der Waals surface area contributed by atoms with Gasteiger partial charge in [-0.2, -0.15) is 15.2 Å². The van der Waals surface area contributed by atoms with Crippen molar-refractivity contribution in [1.82, 2.24) is 34.5 Å². The van der Waals surface area contributed by atoms with Crippen LogP contribution >= 0.6 is 0 Å². The quantitative estimate of drug-likeness (QED) is 0.159. The number of anilines is 4. The molecule has 0 saturated carbocycles. The van der Waals surface area contributed by atoms with Gasteiger partial charge in [0, 0.05) is 26.0 Å². The van der Waals surface area contributed by atoms with Crippen molar-refractivity contribution in [3.05, 3.63) is 48.7 Å². The van der Waals surface area contributed by atoms with Gasteiger partial charge in [-0.3, -0.25) is 9.36 Å². The molecule has 0 aliphatic rings. The zero-order valence-corrected chi connectivity index (χ0v) is 23.9. The molecule has 3 N–H and O–H groups in total. The Labute approximate surface area is 234 Å². The molecule has 0 saturated heterocycles. The summed E-state index contributed by atoms with van der Waals surface area (Å²) in [6, 6.07) is 5.39. The van der Waals surface area contributed by atoms with Gasteiger partial charge in [0.05, 0.1) is 30.2 Å². The van der Waals surface area contributed by atoms with Crippen molar-refractivity contribution in [2.24, 2.45) is 7.05 Å². The molecule has 0 bridgehead atoms. The summed E-state index contributed by atoms with van der Waals surface area (Å²) in [5.74, 6) is 0.123. The third-order valence-corrected chi connectivity index (χ3v) is 5.96. The van der Waals surface area contributed by atoms with Crippen molar-refractivity contribution in [2.45, 2.75) is 65.8 Å². The van der Waals surface area contributed by atoms with Crippen LogP contribution < -0.4 is 15.4 Å². The van der Waals surface area contributed by atoms with Crippen molar-refractivity contribution in [2.75, 3.05) is 17.7 Å². The molecule has 40 heavy (non-hydrogen) atoms. The summed E-state index contributed by atoms with van der Waals surface area (Å²) in [5.41, 5.74) is 1.79. The van der Waals surface area contributed by atoms with Crippen LogP contribution in [0.2, 0.25) is 0 Å². The van der Waals surface area contributed by atoms with Gasteiger partial charge in [0.15, 0.2) is 17.4 Å². The van der Waals surface area contributed by atoms with Gasteiger partial charge in [-0.25, -0.2) is 14.8 Å². The molecule has 1 aromatic carbocycles. The summed E-state index contributed by atoms with van der Waals surface area (Å²) in [6.07, 6.45) is 13.7. The first-order chi connectivity index (χ1) is 19.5. The second-order valence-electron chi connectivity index (χ2n) is 8.90. The van der Waals surface area contributed by atoms with Crippen molar-refractivity contribution in [3.8, 4) is 17.1 Å². The van der Waals surface area contributed by atoms with E-state index in [1.165, 1.54) is 45.4 Å². The molecular formula is C28H39N9O3. The van der Waals surface area contributed by atoms with E-state index in [0.717, 1.165) is 13.0 Å². The van der Waals surface area contributed by atoms with E-state index < -0.39 is 5.97 Å². The molecule has 214 valence electrons. The average molecular weight is 550 g/mol. The Bertz CT molecular complexity index is 1370. The minimum Gasteiger partial charge on any atom is -0.494 e. The predicted molar refractivity (Wildman–Crippen MR) is 155 cm³/mol. The fraction of sp³-hybridized carbons (Fsp3) is 0.429. The number of hydrogen-bond acceptors (Lipinski definition) is 9. The van der Waals surface area contributed by atoms with E-state index >= 15 is 0 Å². The van der Waals surface area contributed by atoms with Crippen LogP contribution in [0.5, 0.6) is 5.75 Å². The molecule has 0 amide bonds. The number of carboxylic acid groups (broad SMARTS) is 1. The molecule has 0 atom stereocenters. The summed E-state index contributed by atoms with van der Waals surface area (Å²) in [4.78, 5) is 24.8. The largest absolute Gasteiger partial charge is 0.494 e. The van der Waals surface area contributed by atoms with Crippen molar-refractivity contribution < 1.29 is 14.6 Å². The van der Waals surface area contributed by atoms with Gasteiger partial charge in [-0.05, 0) is 18.6 Å². The molecule has 0 radical (unpaired) electrons. The number of carboxylic acids is 1. The molecular weight excluding hydrogens is 510 g/mol. The number of aryl methyl sites for hydroxylation is 2. The third-order valence-electron chi connectivity index (χ3n) is 5.96. The Hall–Kier alpha value is -4.48. The van der Waals surface area contributed by atoms with Gasteiger partial charge in [-0.1, -0.05) is 58.9 Å². The average Bonchev–Trinajstić information content (AvgIpc) is 3.60. The van der Waals surface area contributed by atoms with Gasteiger partial charge < -0.3 is 20.5 Å². The van der Waals surface area contributed by atoms with Crippen LogP contribution in [-0.4, -0.2) is 52.7 Å². The van der Waals surface area contributed by atoms with Crippen LogP contribution in [0.1, 0.15) is 69.7 Å². The molecule has 12 heteroatoms. The van der Waals surface area contributed by atoms with Gasteiger partial charge in [0.25, 0.3) is 0 Å². The van der Waals surface area contributed by atoms with Crippen LogP contribution in [0, 0.1) is 0 Å². The van der Waals surface area contributed by atoms with Gasteiger partial charge in [-0.15, -0.1) is 0 Å². The van der Waals surface area contributed by atoms with Crippen LogP contribution in [-0.2, 0) is 13.6 Å². The number of carbonyl (C=O) groups is 1. The number of rotatable bonds is 14. The topological polar surface area (TPSA) is 145 Å². The summed E-state index contributed by atoms with van der Waals surface area (Å²) in [7, 11) is 3.30. The first-order valence-electron chi connectivity index (χ1n) is 13.7. The monoisotopic (exact) mass is 549 g/mol. The maximum atomic E-state index is 11.9. The Kier molecular flexibility index (Phi) is 11.4. The lowest BCUT2D eigenvalue weighted by Crippen LogP contribution is -2.09. The standard InChI is InChI=1S/C26H33N9O3.C2H6/c1-4-5-6-7-8-9-13-35-16-18(14-29-35)30-26-27-15-20(25(36)37)24(32-26)31-21-12-10-11-19(22(21)38-3)23-28-17-34(2)33-23;1-2/h10-12,14-17H,4-9,13H2,1-3H3,(H,36,37)(H2,27,30,31,32);1-2H3. The number of methoxy groups -OCH3 is 1. The van der Waals surface area contributed by atoms with Crippen LogP contribution in [0.4, 0.5) is 23.1 Å². The second-order valence-corrected chi connectivity index (χ2v) is 8.90. The number of unbranched alkanes of at least 4 members (excludes halogenated alkanes) is 5. The molecule has 4 aromatic rings. The number of aromatic nitrogens is 7. The normalized spacial score (nSPS) is 10.5. The van der Waals surface area contributed by atoms with E-state index in [-0.39, 0.29) is 17.3 Å². The highest BCUT2D eigenvalue weighted by Gasteiger charge is 2.19. The molecule has 0 spiro atoms. The van der Waals surface area contributed by atoms with Gasteiger partial charge in [0.2, 0.25) is 5.95 Å². The smallest absolute Gasteiger partial charge is 0.341 e. The third kappa shape index (κ3) is 8.01. The zero-order valence-electron chi connectivity index (χ0n) is 23.9. The fourth-order valence-electron chi connectivity index (χ4n) is 4.05. The lowest BCUT2D eigenvalue weighted by molar-refractivity contribution is 0.0697. The van der Waals surface area contributed by atoms with Gasteiger partial charge in [0.1, 0.15) is 11.9 Å². The zero-order chi connectivity index (χ0) is 28.9. The van der Waals surface area contributed by atoms with E-state index in [2.05, 4.69) is 42.7 Å². The molecule has 3 heterocycles. The number of ether oxygens (including phenoxy) is 1. The molecule has 0 aliphatic heterocycles. The Morgan fingerprint density at radius 2 is 1.82 bits per heavy atom. The minimum atomic E-state index is -1.16. The fourth-order valence-corrected chi connectivity index (χ4v) is 4.05. The number of nitrogens with one attached hydrogen (secondary N) is 2. The molecule has 0 fully saturated rings. The summed E-state index contributed by atoms with van der Waals surface area (Å²) < 4.78 is 9.11. The van der Waals surface area contributed by atoms with E-state index in [0.29, 0.717) is 28.5 Å². The highest BCUT2D eigenvalue weighted by atomic mass is 16.5. The molecule has 3 aromatic heterocycles. The summed E-state index contributed by atoms with van der Waals surface area (Å²) >= 11 is 0. The van der Waals surface area contributed by atoms with Crippen LogP contribution in [0.15, 0.2) is 43.1 Å². The van der Waals surface area contributed by atoms with E-state index in [9.17, 15) is 9.90 Å². The SMILES string of the molecule is CC.CCCCCCCCn1cc(Nc2ncc(C(=O)O)c(Nc3cccc(-c4ncn(C)n4)c3OC)n2)cn1. The molecule has 4 rings (SSSR count). The molecule has 12 nitrogen and oxygen atoms in total. The maximum absolute atomic E-state index is 11.9.